The number of rotatable bonds is 7. The summed E-state index contributed by atoms with van der Waals surface area (Å²) in [6, 6.07) is 15.8. The van der Waals surface area contributed by atoms with E-state index in [2.05, 4.69) is 27.7 Å². The minimum absolute atomic E-state index is 0.0336. The molecule has 2 N–H and O–H groups in total. The van der Waals surface area contributed by atoms with Crippen LogP contribution in [0.25, 0.3) is 0 Å². The van der Waals surface area contributed by atoms with Crippen LogP contribution in [-0.4, -0.2) is 31.4 Å². The fourth-order valence-electron chi connectivity index (χ4n) is 3.95. The molecule has 0 spiro atoms. The van der Waals surface area contributed by atoms with Gasteiger partial charge < -0.3 is 15.5 Å². The first-order chi connectivity index (χ1) is 14.8. The first kappa shape index (κ1) is 22.9. The molecule has 0 atom stereocenters. The third kappa shape index (κ3) is 7.12. The SMILES string of the molecule is CC(C)(C)CC(=O)Nc1ccc(N2CCCCC2)c(C(=O)NCCc2ccccc2)c1. The number of hydrogen-bond donors (Lipinski definition) is 2. The van der Waals surface area contributed by atoms with Crippen molar-refractivity contribution in [2.75, 3.05) is 29.9 Å². The highest BCUT2D eigenvalue weighted by Gasteiger charge is 2.21. The monoisotopic (exact) mass is 421 g/mol. The van der Waals surface area contributed by atoms with E-state index in [0.717, 1.165) is 38.0 Å². The van der Waals surface area contributed by atoms with Gasteiger partial charge in [-0.1, -0.05) is 51.1 Å². The molecule has 2 aromatic carbocycles. The molecule has 0 aromatic heterocycles. The molecule has 166 valence electrons. The Bertz CT molecular complexity index is 881. The number of nitrogens with one attached hydrogen (secondary N) is 2. The van der Waals surface area contributed by atoms with Crippen molar-refractivity contribution in [3.8, 4) is 0 Å². The molecule has 5 nitrogen and oxygen atoms in total. The number of hydrogen-bond acceptors (Lipinski definition) is 3. The largest absolute Gasteiger partial charge is 0.371 e. The molecule has 31 heavy (non-hydrogen) atoms. The zero-order valence-corrected chi connectivity index (χ0v) is 19.0. The van der Waals surface area contributed by atoms with Gasteiger partial charge in [-0.3, -0.25) is 9.59 Å². The molecule has 0 unspecified atom stereocenters. The van der Waals surface area contributed by atoms with Gasteiger partial charge in [-0.2, -0.15) is 0 Å². The van der Waals surface area contributed by atoms with Crippen molar-refractivity contribution in [2.45, 2.75) is 52.9 Å². The van der Waals surface area contributed by atoms with Crippen LogP contribution in [0.4, 0.5) is 11.4 Å². The average molecular weight is 422 g/mol. The Morgan fingerprint density at radius 3 is 2.35 bits per heavy atom. The maximum Gasteiger partial charge on any atom is 0.253 e. The van der Waals surface area contributed by atoms with Crippen molar-refractivity contribution in [1.82, 2.24) is 5.32 Å². The molecule has 1 heterocycles. The Kier molecular flexibility index (Phi) is 7.72. The van der Waals surface area contributed by atoms with E-state index in [0.29, 0.717) is 24.2 Å². The number of benzene rings is 2. The zero-order chi connectivity index (χ0) is 22.3. The smallest absolute Gasteiger partial charge is 0.253 e. The lowest BCUT2D eigenvalue weighted by atomic mass is 9.92. The van der Waals surface area contributed by atoms with Gasteiger partial charge in [0.05, 0.1) is 5.56 Å². The number of piperidine rings is 1. The number of nitrogens with zero attached hydrogens (tertiary/aromatic N) is 1. The van der Waals surface area contributed by atoms with E-state index in [4.69, 9.17) is 0 Å². The van der Waals surface area contributed by atoms with Crippen molar-refractivity contribution in [3.63, 3.8) is 0 Å². The summed E-state index contributed by atoms with van der Waals surface area (Å²) in [5.41, 5.74) is 3.36. The predicted octanol–water partition coefficient (Wildman–Crippen LogP) is 5.02. The molecule has 2 aromatic rings. The van der Waals surface area contributed by atoms with Crippen molar-refractivity contribution < 1.29 is 9.59 Å². The Balaban J connectivity index is 1.74. The van der Waals surface area contributed by atoms with E-state index in [-0.39, 0.29) is 17.2 Å². The lowest BCUT2D eigenvalue weighted by Gasteiger charge is -2.30. The second kappa shape index (κ2) is 10.5. The van der Waals surface area contributed by atoms with E-state index in [1.165, 1.54) is 12.0 Å². The molecule has 1 aliphatic heterocycles. The van der Waals surface area contributed by atoms with Crippen molar-refractivity contribution >= 4 is 23.2 Å². The van der Waals surface area contributed by atoms with E-state index >= 15 is 0 Å². The Morgan fingerprint density at radius 1 is 0.968 bits per heavy atom. The van der Waals surface area contributed by atoms with Crippen LogP contribution in [0.1, 0.15) is 62.4 Å². The summed E-state index contributed by atoms with van der Waals surface area (Å²) in [6.07, 6.45) is 4.72. The highest BCUT2D eigenvalue weighted by molar-refractivity contribution is 6.02. The van der Waals surface area contributed by atoms with Crippen LogP contribution in [0.2, 0.25) is 0 Å². The van der Waals surface area contributed by atoms with E-state index in [9.17, 15) is 9.59 Å². The summed E-state index contributed by atoms with van der Waals surface area (Å²) in [6.45, 7) is 8.61. The van der Waals surface area contributed by atoms with Gasteiger partial charge in [0.25, 0.3) is 5.91 Å². The highest BCUT2D eigenvalue weighted by Crippen LogP contribution is 2.28. The molecule has 2 amide bonds. The van der Waals surface area contributed by atoms with Gasteiger partial charge in [0.15, 0.2) is 0 Å². The summed E-state index contributed by atoms with van der Waals surface area (Å²) < 4.78 is 0. The molecule has 1 aliphatic rings. The van der Waals surface area contributed by atoms with Gasteiger partial charge in [0, 0.05) is 37.4 Å². The van der Waals surface area contributed by atoms with Gasteiger partial charge >= 0.3 is 0 Å². The minimum atomic E-state index is -0.0941. The van der Waals surface area contributed by atoms with Crippen LogP contribution in [0, 0.1) is 5.41 Å². The second-order valence-corrected chi connectivity index (χ2v) is 9.56. The van der Waals surface area contributed by atoms with Gasteiger partial charge in [-0.25, -0.2) is 0 Å². The summed E-state index contributed by atoms with van der Waals surface area (Å²) in [5.74, 6) is -0.128. The third-order valence-electron chi connectivity index (χ3n) is 5.45. The highest BCUT2D eigenvalue weighted by atomic mass is 16.2. The van der Waals surface area contributed by atoms with E-state index < -0.39 is 0 Å². The van der Waals surface area contributed by atoms with Crippen LogP contribution in [-0.2, 0) is 11.2 Å². The topological polar surface area (TPSA) is 61.4 Å². The molecule has 3 rings (SSSR count). The maximum absolute atomic E-state index is 13.1. The number of carbonyl (C=O) groups is 2. The summed E-state index contributed by atoms with van der Waals surface area (Å²) in [7, 11) is 0. The van der Waals surface area contributed by atoms with Gasteiger partial charge in [-0.05, 0) is 54.9 Å². The number of carbonyl (C=O) groups excluding carboxylic acids is 2. The summed E-state index contributed by atoms with van der Waals surface area (Å²) >= 11 is 0. The lowest BCUT2D eigenvalue weighted by molar-refractivity contribution is -0.117. The van der Waals surface area contributed by atoms with E-state index in [1.54, 1.807) is 0 Å². The second-order valence-electron chi connectivity index (χ2n) is 9.56. The molecule has 1 saturated heterocycles. The number of anilines is 2. The van der Waals surface area contributed by atoms with Crippen LogP contribution in [0.5, 0.6) is 0 Å². The molecule has 0 aliphatic carbocycles. The fraction of sp³-hybridized carbons (Fsp3) is 0.462. The van der Waals surface area contributed by atoms with Crippen molar-refractivity contribution in [2.24, 2.45) is 5.41 Å². The lowest BCUT2D eigenvalue weighted by Crippen LogP contribution is -2.33. The van der Waals surface area contributed by atoms with Gasteiger partial charge in [-0.15, -0.1) is 0 Å². The van der Waals surface area contributed by atoms with Crippen molar-refractivity contribution in [3.05, 3.63) is 59.7 Å². The summed E-state index contributed by atoms with van der Waals surface area (Å²) in [5, 5.41) is 6.04. The average Bonchev–Trinajstić information content (AvgIpc) is 2.73. The van der Waals surface area contributed by atoms with E-state index in [1.807, 2.05) is 57.2 Å². The maximum atomic E-state index is 13.1. The summed E-state index contributed by atoms with van der Waals surface area (Å²) in [4.78, 5) is 27.8. The molecular formula is C26H35N3O2. The quantitative estimate of drug-likeness (QED) is 0.660. The minimum Gasteiger partial charge on any atom is -0.371 e. The van der Waals surface area contributed by atoms with Gasteiger partial charge in [0.1, 0.15) is 0 Å². The normalized spacial score (nSPS) is 14.2. The van der Waals surface area contributed by atoms with Crippen LogP contribution in [0.15, 0.2) is 48.5 Å². The van der Waals surface area contributed by atoms with Crippen LogP contribution < -0.4 is 15.5 Å². The van der Waals surface area contributed by atoms with Crippen LogP contribution >= 0.6 is 0 Å². The van der Waals surface area contributed by atoms with Crippen molar-refractivity contribution in [1.29, 1.82) is 0 Å². The predicted molar refractivity (Wildman–Crippen MR) is 128 cm³/mol. The molecule has 5 heteroatoms. The molecule has 0 saturated carbocycles. The first-order valence-electron chi connectivity index (χ1n) is 11.3. The van der Waals surface area contributed by atoms with Gasteiger partial charge in [0.2, 0.25) is 5.91 Å². The fourth-order valence-corrected chi connectivity index (χ4v) is 3.95. The Hall–Kier alpha value is -2.82. The Morgan fingerprint density at radius 2 is 1.68 bits per heavy atom. The number of amides is 2. The molecule has 0 radical (unpaired) electrons. The first-order valence-corrected chi connectivity index (χ1v) is 11.3. The standard InChI is InChI=1S/C26H35N3O2/c1-26(2,3)19-24(30)28-21-12-13-23(29-16-8-5-9-17-29)22(18-21)25(31)27-15-14-20-10-6-4-7-11-20/h4,6-7,10-13,18H,5,8-9,14-17,19H2,1-3H3,(H,27,31)(H,28,30). The molecule has 1 fully saturated rings. The zero-order valence-electron chi connectivity index (χ0n) is 19.0. The van der Waals surface area contributed by atoms with Crippen LogP contribution in [0.3, 0.4) is 0 Å². The Labute approximate surface area is 186 Å². The third-order valence-corrected chi connectivity index (χ3v) is 5.45. The molecule has 0 bridgehead atoms. The molecular weight excluding hydrogens is 386 g/mol.